The Labute approximate surface area is 179 Å². The molecule has 0 aromatic heterocycles. The van der Waals surface area contributed by atoms with Crippen LogP contribution in [0.1, 0.15) is 38.2 Å². The molecule has 0 radical (unpaired) electrons. The average molecular weight is 409 g/mol. The molecule has 0 bridgehead atoms. The van der Waals surface area contributed by atoms with Gasteiger partial charge in [-0.15, -0.1) is 0 Å². The fraction of sp³-hybridized carbons (Fsp3) is 0.440. The van der Waals surface area contributed by atoms with Crippen LogP contribution in [-0.2, 0) is 9.59 Å². The summed E-state index contributed by atoms with van der Waals surface area (Å²) in [4.78, 5) is 28.8. The number of benzene rings is 2. The maximum absolute atomic E-state index is 12.6. The van der Waals surface area contributed by atoms with Crippen molar-refractivity contribution in [3.05, 3.63) is 60.2 Å². The molecule has 30 heavy (non-hydrogen) atoms. The molecule has 2 aromatic carbocycles. The lowest BCUT2D eigenvalue weighted by Gasteiger charge is -2.22. The van der Waals surface area contributed by atoms with Crippen molar-refractivity contribution >= 4 is 17.5 Å². The summed E-state index contributed by atoms with van der Waals surface area (Å²) in [5, 5.41) is 0. The molecule has 1 atom stereocenters. The summed E-state index contributed by atoms with van der Waals surface area (Å²) in [7, 11) is 0. The van der Waals surface area contributed by atoms with Gasteiger partial charge in [-0.3, -0.25) is 9.59 Å². The van der Waals surface area contributed by atoms with Crippen molar-refractivity contribution in [1.82, 2.24) is 4.90 Å². The van der Waals surface area contributed by atoms with Gasteiger partial charge in [-0.25, -0.2) is 0 Å². The van der Waals surface area contributed by atoms with E-state index in [1.807, 2.05) is 66.4 Å². The Morgan fingerprint density at radius 2 is 1.80 bits per heavy atom. The zero-order chi connectivity index (χ0) is 21.3. The molecule has 0 N–H and O–H groups in total. The molecule has 1 unspecified atom stereocenters. The highest BCUT2D eigenvalue weighted by Gasteiger charge is 2.26. The van der Waals surface area contributed by atoms with E-state index >= 15 is 0 Å². The molecule has 2 amide bonds. The zero-order valence-electron chi connectivity index (χ0n) is 18.0. The molecular weight excluding hydrogens is 376 g/mol. The van der Waals surface area contributed by atoms with E-state index in [4.69, 9.17) is 4.74 Å². The lowest BCUT2D eigenvalue weighted by Crippen LogP contribution is -2.33. The predicted octanol–water partition coefficient (Wildman–Crippen LogP) is 4.45. The number of aryl methyl sites for hydroxylation is 1. The molecule has 1 aliphatic heterocycles. The molecular formula is C25H32N2O3. The standard InChI is InChI=1S/C25H32N2O3/c1-3-27(22-7-5-4-6-8-22)25(29)14-13-24(28)26-17-15-21(19-26)16-18-30-23-11-9-20(2)10-12-23/h4-12,21H,3,13-19H2,1-2H3. The summed E-state index contributed by atoms with van der Waals surface area (Å²) in [6.07, 6.45) is 2.46. The van der Waals surface area contributed by atoms with Crippen LogP contribution in [0.2, 0.25) is 0 Å². The normalized spacial score (nSPS) is 15.8. The van der Waals surface area contributed by atoms with Crippen LogP contribution >= 0.6 is 0 Å². The molecule has 1 heterocycles. The lowest BCUT2D eigenvalue weighted by atomic mass is 10.1. The average Bonchev–Trinajstić information content (AvgIpc) is 3.24. The number of carbonyl (C=O) groups excluding carboxylic acids is 2. The maximum Gasteiger partial charge on any atom is 0.227 e. The van der Waals surface area contributed by atoms with Gasteiger partial charge < -0.3 is 14.5 Å². The van der Waals surface area contributed by atoms with E-state index in [9.17, 15) is 9.59 Å². The van der Waals surface area contributed by atoms with Crippen LogP contribution < -0.4 is 9.64 Å². The van der Waals surface area contributed by atoms with Gasteiger partial charge in [0.2, 0.25) is 11.8 Å². The quantitative estimate of drug-likeness (QED) is 0.616. The number of ether oxygens (including phenoxy) is 1. The van der Waals surface area contributed by atoms with Crippen LogP contribution in [0.4, 0.5) is 5.69 Å². The van der Waals surface area contributed by atoms with E-state index in [1.54, 1.807) is 4.90 Å². The van der Waals surface area contributed by atoms with Crippen LogP contribution in [-0.4, -0.2) is 43.0 Å². The zero-order valence-corrected chi connectivity index (χ0v) is 18.0. The minimum absolute atomic E-state index is 0.000653. The van der Waals surface area contributed by atoms with Crippen molar-refractivity contribution in [3.63, 3.8) is 0 Å². The number of carbonyl (C=O) groups is 2. The first kappa shape index (κ1) is 21.9. The third-order valence-corrected chi connectivity index (χ3v) is 5.69. The Morgan fingerprint density at radius 3 is 2.50 bits per heavy atom. The molecule has 1 aliphatic rings. The van der Waals surface area contributed by atoms with Crippen molar-refractivity contribution < 1.29 is 14.3 Å². The van der Waals surface area contributed by atoms with Gasteiger partial charge in [0.05, 0.1) is 6.61 Å². The molecule has 160 valence electrons. The van der Waals surface area contributed by atoms with Crippen molar-refractivity contribution in [1.29, 1.82) is 0 Å². The Hall–Kier alpha value is -2.82. The molecule has 2 aromatic rings. The van der Waals surface area contributed by atoms with E-state index in [2.05, 4.69) is 6.92 Å². The number of hydrogen-bond acceptors (Lipinski definition) is 3. The van der Waals surface area contributed by atoms with Crippen LogP contribution in [0.15, 0.2) is 54.6 Å². The number of likely N-dealkylation sites (tertiary alicyclic amines) is 1. The Bertz CT molecular complexity index is 820. The first-order chi connectivity index (χ1) is 14.6. The highest BCUT2D eigenvalue weighted by atomic mass is 16.5. The molecule has 1 fully saturated rings. The number of amides is 2. The van der Waals surface area contributed by atoms with E-state index < -0.39 is 0 Å². The summed E-state index contributed by atoms with van der Waals surface area (Å²) < 4.78 is 5.82. The van der Waals surface area contributed by atoms with E-state index in [1.165, 1.54) is 5.56 Å². The van der Waals surface area contributed by atoms with E-state index in [0.29, 0.717) is 19.1 Å². The molecule has 0 spiro atoms. The largest absolute Gasteiger partial charge is 0.494 e. The minimum Gasteiger partial charge on any atom is -0.494 e. The second-order valence-corrected chi connectivity index (χ2v) is 7.92. The van der Waals surface area contributed by atoms with Gasteiger partial charge in [0.15, 0.2) is 0 Å². The first-order valence-corrected chi connectivity index (χ1v) is 10.9. The molecule has 1 saturated heterocycles. The summed E-state index contributed by atoms with van der Waals surface area (Å²) in [5.41, 5.74) is 2.10. The second kappa shape index (κ2) is 10.8. The van der Waals surface area contributed by atoms with Gasteiger partial charge in [-0.05, 0) is 56.9 Å². The first-order valence-electron chi connectivity index (χ1n) is 10.9. The SMILES string of the molecule is CCN(C(=O)CCC(=O)N1CCC(CCOc2ccc(C)cc2)C1)c1ccccc1. The Morgan fingerprint density at radius 1 is 1.07 bits per heavy atom. The molecule has 3 rings (SSSR count). The predicted molar refractivity (Wildman–Crippen MR) is 120 cm³/mol. The summed E-state index contributed by atoms with van der Waals surface area (Å²) in [6.45, 7) is 6.82. The Balaban J connectivity index is 1.38. The van der Waals surface area contributed by atoms with Crippen molar-refractivity contribution in [3.8, 4) is 5.75 Å². The second-order valence-electron chi connectivity index (χ2n) is 7.92. The van der Waals surface area contributed by atoms with E-state index in [0.717, 1.165) is 37.4 Å². The van der Waals surface area contributed by atoms with Gasteiger partial charge in [-0.1, -0.05) is 35.9 Å². The Kier molecular flexibility index (Phi) is 7.89. The van der Waals surface area contributed by atoms with Gasteiger partial charge in [-0.2, -0.15) is 0 Å². The monoisotopic (exact) mass is 408 g/mol. The fourth-order valence-electron chi connectivity index (χ4n) is 3.89. The highest BCUT2D eigenvalue weighted by molar-refractivity contribution is 5.95. The summed E-state index contributed by atoms with van der Waals surface area (Å²) in [5.74, 6) is 1.43. The van der Waals surface area contributed by atoms with Gasteiger partial charge in [0, 0.05) is 38.2 Å². The van der Waals surface area contributed by atoms with Gasteiger partial charge >= 0.3 is 0 Å². The molecule has 0 saturated carbocycles. The third kappa shape index (κ3) is 6.09. The maximum atomic E-state index is 12.6. The molecule has 0 aliphatic carbocycles. The topological polar surface area (TPSA) is 49.9 Å². The highest BCUT2D eigenvalue weighted by Crippen LogP contribution is 2.22. The summed E-state index contributed by atoms with van der Waals surface area (Å²) in [6, 6.07) is 17.7. The number of para-hydroxylation sites is 1. The number of anilines is 1. The third-order valence-electron chi connectivity index (χ3n) is 5.69. The van der Waals surface area contributed by atoms with Crippen molar-refractivity contribution in [2.24, 2.45) is 5.92 Å². The minimum atomic E-state index is -0.000653. The van der Waals surface area contributed by atoms with Crippen molar-refractivity contribution in [2.45, 2.75) is 39.5 Å². The van der Waals surface area contributed by atoms with Gasteiger partial charge in [0.1, 0.15) is 5.75 Å². The lowest BCUT2D eigenvalue weighted by molar-refractivity contribution is -0.132. The number of rotatable bonds is 9. The van der Waals surface area contributed by atoms with Crippen LogP contribution in [0.5, 0.6) is 5.75 Å². The smallest absolute Gasteiger partial charge is 0.227 e. The number of nitrogens with zero attached hydrogens (tertiary/aromatic N) is 2. The molecule has 5 heteroatoms. The van der Waals surface area contributed by atoms with Gasteiger partial charge in [0.25, 0.3) is 0 Å². The van der Waals surface area contributed by atoms with Crippen LogP contribution in [0, 0.1) is 12.8 Å². The fourth-order valence-corrected chi connectivity index (χ4v) is 3.89. The van der Waals surface area contributed by atoms with Crippen LogP contribution in [0.3, 0.4) is 0 Å². The summed E-state index contributed by atoms with van der Waals surface area (Å²) >= 11 is 0. The van der Waals surface area contributed by atoms with Crippen LogP contribution in [0.25, 0.3) is 0 Å². The van der Waals surface area contributed by atoms with E-state index in [-0.39, 0.29) is 24.7 Å². The van der Waals surface area contributed by atoms with Crippen molar-refractivity contribution in [2.75, 3.05) is 31.1 Å². The number of hydrogen-bond donors (Lipinski definition) is 0. The molecule has 5 nitrogen and oxygen atoms in total.